The Hall–Kier alpha value is -3.31. The van der Waals surface area contributed by atoms with Crippen LogP contribution in [0.5, 0.6) is 5.75 Å². The van der Waals surface area contributed by atoms with Gasteiger partial charge in [0.25, 0.3) is 5.91 Å². The second kappa shape index (κ2) is 9.67. The van der Waals surface area contributed by atoms with Gasteiger partial charge in [-0.05, 0) is 55.9 Å². The van der Waals surface area contributed by atoms with Crippen molar-refractivity contribution in [3.63, 3.8) is 0 Å². The van der Waals surface area contributed by atoms with Crippen molar-refractivity contribution >= 4 is 17.3 Å². The molecule has 0 fully saturated rings. The van der Waals surface area contributed by atoms with E-state index in [-0.39, 0.29) is 12.0 Å². The highest BCUT2D eigenvalue weighted by molar-refractivity contribution is 6.04. The molecule has 1 aliphatic rings. The number of para-hydroxylation sites is 3. The molecule has 5 heteroatoms. The molecule has 160 valence electrons. The molecule has 1 N–H and O–H groups in total. The first-order chi connectivity index (χ1) is 15.1. The minimum atomic E-state index is -0.0972. The van der Waals surface area contributed by atoms with Crippen LogP contribution in [0, 0.1) is 0 Å². The number of ether oxygens (including phenoxy) is 1. The molecule has 0 saturated carbocycles. The van der Waals surface area contributed by atoms with E-state index in [9.17, 15) is 4.79 Å². The molecular formula is C26H29N3O2. The van der Waals surface area contributed by atoms with Gasteiger partial charge in [-0.15, -0.1) is 0 Å². The van der Waals surface area contributed by atoms with Crippen LogP contribution in [-0.4, -0.2) is 43.6 Å². The fraction of sp³-hybridized carbons (Fsp3) is 0.269. The molecule has 5 nitrogen and oxygen atoms in total. The van der Waals surface area contributed by atoms with E-state index in [0.717, 1.165) is 37.6 Å². The molecule has 1 aliphatic heterocycles. The number of carbonyl (C=O) groups is 1. The quantitative estimate of drug-likeness (QED) is 0.610. The molecular weight excluding hydrogens is 386 g/mol. The number of anilines is 2. The molecule has 3 aromatic rings. The van der Waals surface area contributed by atoms with Gasteiger partial charge in [0.05, 0.1) is 12.2 Å². The largest absolute Gasteiger partial charge is 0.485 e. The number of nitrogens with one attached hydrogen (secondary N) is 1. The molecule has 4 rings (SSSR count). The van der Waals surface area contributed by atoms with Gasteiger partial charge in [-0.25, -0.2) is 0 Å². The normalized spacial score (nSPS) is 15.3. The minimum absolute atomic E-state index is 0.0972. The van der Waals surface area contributed by atoms with Gasteiger partial charge >= 0.3 is 0 Å². The molecule has 0 spiro atoms. The van der Waals surface area contributed by atoms with Crippen LogP contribution >= 0.6 is 0 Å². The zero-order chi connectivity index (χ0) is 21.6. The second-order valence-corrected chi connectivity index (χ2v) is 7.96. The first-order valence-electron chi connectivity index (χ1n) is 10.8. The molecule has 1 amide bonds. The first kappa shape index (κ1) is 20.9. The number of likely N-dealkylation sites (N-methyl/N-ethyl adjacent to an activating group) is 2. The Kier molecular flexibility index (Phi) is 6.53. The number of carbonyl (C=O) groups excluding carboxylic acids is 1. The summed E-state index contributed by atoms with van der Waals surface area (Å²) >= 11 is 0. The molecule has 0 saturated heterocycles. The lowest BCUT2D eigenvalue weighted by Crippen LogP contribution is -2.45. The highest BCUT2D eigenvalue weighted by Crippen LogP contribution is 2.32. The van der Waals surface area contributed by atoms with Crippen LogP contribution in [-0.2, 0) is 6.54 Å². The highest BCUT2D eigenvalue weighted by Gasteiger charge is 2.25. The first-order valence-corrected chi connectivity index (χ1v) is 10.8. The summed E-state index contributed by atoms with van der Waals surface area (Å²) in [5, 5.41) is 2.92. The summed E-state index contributed by atoms with van der Waals surface area (Å²) in [7, 11) is 2.11. The number of fused-ring (bicyclic) bond motifs is 1. The maximum Gasteiger partial charge on any atom is 0.255 e. The van der Waals surface area contributed by atoms with Crippen LogP contribution in [0.25, 0.3) is 0 Å². The average Bonchev–Trinajstić information content (AvgIpc) is 2.79. The summed E-state index contributed by atoms with van der Waals surface area (Å²) in [5.41, 5.74) is 3.79. The zero-order valence-corrected chi connectivity index (χ0v) is 18.1. The van der Waals surface area contributed by atoms with Crippen molar-refractivity contribution in [2.24, 2.45) is 0 Å². The van der Waals surface area contributed by atoms with E-state index < -0.39 is 0 Å². The summed E-state index contributed by atoms with van der Waals surface area (Å²) in [6.07, 6.45) is 0.121. The van der Waals surface area contributed by atoms with E-state index >= 15 is 0 Å². The van der Waals surface area contributed by atoms with Crippen molar-refractivity contribution in [3.8, 4) is 5.75 Å². The van der Waals surface area contributed by atoms with Crippen LogP contribution in [0.3, 0.4) is 0 Å². The van der Waals surface area contributed by atoms with E-state index in [1.807, 2.05) is 66.7 Å². The van der Waals surface area contributed by atoms with Gasteiger partial charge in [-0.2, -0.15) is 0 Å². The third kappa shape index (κ3) is 5.25. The highest BCUT2D eigenvalue weighted by atomic mass is 16.5. The Bertz CT molecular complexity index is 1000. The Morgan fingerprint density at radius 1 is 1.03 bits per heavy atom. The molecule has 0 aromatic heterocycles. The average molecular weight is 416 g/mol. The lowest BCUT2D eigenvalue weighted by atomic mass is 10.1. The second-order valence-electron chi connectivity index (χ2n) is 7.96. The molecule has 0 radical (unpaired) electrons. The standard InChI is InChI=1S/C26H29N3O2/c1-3-29-19-23(31-25-12-8-7-11-24(25)29)18-28(2)17-20-13-15-21(16-14-20)26(30)27-22-9-5-4-6-10-22/h4-16,23H,3,17-19H2,1-2H3,(H,27,30). The van der Waals surface area contributed by atoms with Gasteiger partial charge in [-0.3, -0.25) is 9.69 Å². The number of rotatable bonds is 7. The Balaban J connectivity index is 1.33. The number of hydrogen-bond donors (Lipinski definition) is 1. The van der Waals surface area contributed by atoms with E-state index in [0.29, 0.717) is 5.56 Å². The minimum Gasteiger partial charge on any atom is -0.485 e. The van der Waals surface area contributed by atoms with Crippen molar-refractivity contribution in [1.82, 2.24) is 4.90 Å². The Morgan fingerprint density at radius 2 is 1.74 bits per heavy atom. The van der Waals surface area contributed by atoms with E-state index in [4.69, 9.17) is 4.74 Å². The maximum atomic E-state index is 12.4. The van der Waals surface area contributed by atoms with Crippen LogP contribution in [0.2, 0.25) is 0 Å². The molecule has 1 heterocycles. The third-order valence-corrected chi connectivity index (χ3v) is 5.52. The van der Waals surface area contributed by atoms with Crippen molar-refractivity contribution < 1.29 is 9.53 Å². The fourth-order valence-corrected chi connectivity index (χ4v) is 3.98. The third-order valence-electron chi connectivity index (χ3n) is 5.52. The fourth-order valence-electron chi connectivity index (χ4n) is 3.98. The van der Waals surface area contributed by atoms with Crippen molar-refractivity contribution in [1.29, 1.82) is 0 Å². The summed E-state index contributed by atoms with van der Waals surface area (Å²) < 4.78 is 6.24. The lowest BCUT2D eigenvalue weighted by Gasteiger charge is -2.37. The van der Waals surface area contributed by atoms with Gasteiger partial charge in [0, 0.05) is 30.9 Å². The maximum absolute atomic E-state index is 12.4. The zero-order valence-electron chi connectivity index (χ0n) is 18.1. The van der Waals surface area contributed by atoms with Crippen LogP contribution in [0.15, 0.2) is 78.9 Å². The van der Waals surface area contributed by atoms with E-state index in [1.165, 1.54) is 11.3 Å². The van der Waals surface area contributed by atoms with Crippen LogP contribution < -0.4 is 15.0 Å². The molecule has 3 aromatic carbocycles. The van der Waals surface area contributed by atoms with E-state index in [1.54, 1.807) is 0 Å². The Labute approximate surface area is 184 Å². The molecule has 1 atom stereocenters. The molecule has 0 bridgehead atoms. The van der Waals surface area contributed by atoms with Gasteiger partial charge in [0.15, 0.2) is 0 Å². The summed E-state index contributed by atoms with van der Waals surface area (Å²) in [5.74, 6) is 0.864. The van der Waals surface area contributed by atoms with Crippen LogP contribution in [0.4, 0.5) is 11.4 Å². The predicted octanol–water partition coefficient (Wildman–Crippen LogP) is 4.66. The Morgan fingerprint density at radius 3 is 2.48 bits per heavy atom. The van der Waals surface area contributed by atoms with Gasteiger partial charge in [0.2, 0.25) is 0 Å². The summed E-state index contributed by atoms with van der Waals surface area (Å²) in [6.45, 7) is 5.66. The topological polar surface area (TPSA) is 44.8 Å². The van der Waals surface area contributed by atoms with E-state index in [2.05, 4.69) is 41.2 Å². The number of benzene rings is 3. The van der Waals surface area contributed by atoms with Gasteiger partial charge in [0.1, 0.15) is 11.9 Å². The molecule has 1 unspecified atom stereocenters. The molecule has 0 aliphatic carbocycles. The monoisotopic (exact) mass is 415 g/mol. The van der Waals surface area contributed by atoms with Crippen molar-refractivity contribution in [3.05, 3.63) is 90.0 Å². The van der Waals surface area contributed by atoms with Crippen LogP contribution in [0.1, 0.15) is 22.8 Å². The smallest absolute Gasteiger partial charge is 0.255 e. The van der Waals surface area contributed by atoms with Gasteiger partial charge < -0.3 is 15.0 Å². The number of hydrogen-bond acceptors (Lipinski definition) is 4. The summed E-state index contributed by atoms with van der Waals surface area (Å²) in [4.78, 5) is 17.1. The summed E-state index contributed by atoms with van der Waals surface area (Å²) in [6, 6.07) is 25.6. The molecule has 31 heavy (non-hydrogen) atoms. The number of nitrogens with zero attached hydrogens (tertiary/aromatic N) is 2. The predicted molar refractivity (Wildman–Crippen MR) is 126 cm³/mol. The lowest BCUT2D eigenvalue weighted by molar-refractivity contribution is 0.102. The van der Waals surface area contributed by atoms with Crippen molar-refractivity contribution in [2.75, 3.05) is 36.9 Å². The number of amides is 1. The SMILES string of the molecule is CCN1CC(CN(C)Cc2ccc(C(=O)Nc3ccccc3)cc2)Oc2ccccc21. The van der Waals surface area contributed by atoms with Crippen molar-refractivity contribution in [2.45, 2.75) is 19.6 Å². The van der Waals surface area contributed by atoms with Gasteiger partial charge in [-0.1, -0.05) is 42.5 Å².